The summed E-state index contributed by atoms with van der Waals surface area (Å²) in [7, 11) is 0. The number of carbonyl (C=O) groups is 4. The lowest BCUT2D eigenvalue weighted by molar-refractivity contribution is -0.152. The maximum atomic E-state index is 13.9. The maximum absolute atomic E-state index is 13.9. The molecule has 0 spiro atoms. The molecule has 3 rings (SSSR count). The van der Waals surface area contributed by atoms with Crippen molar-refractivity contribution in [3.63, 3.8) is 0 Å². The van der Waals surface area contributed by atoms with Gasteiger partial charge in [0.15, 0.2) is 0 Å². The number of carboxylic acids is 1. The van der Waals surface area contributed by atoms with Crippen molar-refractivity contribution in [3.8, 4) is 0 Å². The predicted octanol–water partition coefficient (Wildman–Crippen LogP) is 2.93. The van der Waals surface area contributed by atoms with E-state index in [0.29, 0.717) is 6.54 Å². The van der Waals surface area contributed by atoms with Crippen molar-refractivity contribution in [2.24, 2.45) is 33.2 Å². The molecule has 3 aliphatic rings. The minimum absolute atomic E-state index is 0.00642. The Morgan fingerprint density at radius 3 is 2.29 bits per heavy atom. The second kappa shape index (κ2) is 12.7. The molecule has 10 heteroatoms. The van der Waals surface area contributed by atoms with E-state index >= 15 is 0 Å². The first-order chi connectivity index (χ1) is 18.0. The van der Waals surface area contributed by atoms with Crippen LogP contribution in [0.15, 0.2) is 21.9 Å². The first kappa shape index (κ1) is 29.5. The summed E-state index contributed by atoms with van der Waals surface area (Å²) in [6.45, 7) is 11.1. The highest BCUT2D eigenvalue weighted by Gasteiger charge is 2.52. The number of aliphatic imine (C=N–C) groups is 2. The molecule has 1 aliphatic heterocycles. The average molecular weight is 530 g/mol. The monoisotopic (exact) mass is 529 g/mol. The maximum Gasteiger partial charge on any atom is 0.326 e. The molecule has 5 atom stereocenters. The van der Waals surface area contributed by atoms with Gasteiger partial charge in [-0.25, -0.2) is 4.79 Å². The third kappa shape index (κ3) is 6.69. The molecule has 3 N–H and O–H groups in total. The molecular formula is C28H43N5O5. The third-order valence-electron chi connectivity index (χ3n) is 8.27. The first-order valence-corrected chi connectivity index (χ1v) is 13.8. The minimum atomic E-state index is -0.995. The summed E-state index contributed by atoms with van der Waals surface area (Å²) >= 11 is 0. The lowest BCUT2D eigenvalue weighted by Gasteiger charge is -2.37. The zero-order valence-corrected chi connectivity index (χ0v) is 23.1. The molecule has 0 aromatic rings. The van der Waals surface area contributed by atoms with Crippen LogP contribution in [-0.2, 0) is 19.2 Å². The van der Waals surface area contributed by atoms with Crippen LogP contribution < -0.4 is 10.6 Å². The Morgan fingerprint density at radius 1 is 1.03 bits per heavy atom. The van der Waals surface area contributed by atoms with Crippen molar-refractivity contribution in [2.75, 3.05) is 6.54 Å². The number of nitrogens with zero attached hydrogens (tertiary/aromatic N) is 3. The number of rotatable bonds is 9. The number of hydrogen-bond donors (Lipinski definition) is 3. The summed E-state index contributed by atoms with van der Waals surface area (Å²) in [5.74, 6) is -2.36. The number of carbonyl (C=O) groups excluding carboxylic acids is 3. The Morgan fingerprint density at radius 2 is 1.71 bits per heavy atom. The minimum Gasteiger partial charge on any atom is -0.480 e. The summed E-state index contributed by atoms with van der Waals surface area (Å²) in [4.78, 5) is 62.0. The van der Waals surface area contributed by atoms with Gasteiger partial charge >= 0.3 is 5.97 Å². The Hall–Kier alpha value is -3.04. The lowest BCUT2D eigenvalue weighted by atomic mass is 9.82. The molecule has 0 aromatic carbocycles. The van der Waals surface area contributed by atoms with E-state index in [4.69, 9.17) is 0 Å². The van der Waals surface area contributed by atoms with E-state index in [1.165, 1.54) is 17.3 Å². The average Bonchev–Trinajstić information content (AvgIpc) is 3.47. The summed E-state index contributed by atoms with van der Waals surface area (Å²) < 4.78 is 0. The standard InChI is InChI=1S/C28H43N5O5/c1-6-30-15-20(29-5)24(34)31-21(17-11-8-7-9-12-17)25(35)32-23(28(2,3)4)26(36)33-16-18-13-10-14-19(18)22(33)27(37)38/h6,15,17-19,21-23H,5,7-14,16H2,1-4H3,(H,31,34)(H,32,35)(H,37,38). The SMILES string of the molecule is C=NC(=CN=CC)C(=O)NC(C(=O)NC(C(=O)N1CC2CCCC2C1C(=O)O)C(C)(C)C)C1CCCCC1. The fourth-order valence-corrected chi connectivity index (χ4v) is 6.29. The van der Waals surface area contributed by atoms with Crippen LogP contribution in [0.4, 0.5) is 0 Å². The Labute approximate surface area is 225 Å². The molecule has 0 bridgehead atoms. The summed E-state index contributed by atoms with van der Waals surface area (Å²) in [5, 5.41) is 15.7. The van der Waals surface area contributed by atoms with E-state index in [2.05, 4.69) is 27.3 Å². The van der Waals surface area contributed by atoms with Crippen molar-refractivity contribution < 1.29 is 24.3 Å². The van der Waals surface area contributed by atoms with E-state index in [9.17, 15) is 24.3 Å². The summed E-state index contributed by atoms with van der Waals surface area (Å²) in [5.41, 5.74) is -0.689. The molecule has 5 unspecified atom stereocenters. The van der Waals surface area contributed by atoms with Gasteiger partial charge in [0.2, 0.25) is 11.8 Å². The topological polar surface area (TPSA) is 141 Å². The molecule has 3 amide bonds. The van der Waals surface area contributed by atoms with Gasteiger partial charge < -0.3 is 20.6 Å². The number of amides is 3. The van der Waals surface area contributed by atoms with Gasteiger partial charge in [-0.2, -0.15) is 0 Å². The van der Waals surface area contributed by atoms with Crippen LogP contribution >= 0.6 is 0 Å². The number of carboxylic acid groups (broad SMARTS) is 1. The third-order valence-corrected chi connectivity index (χ3v) is 8.27. The van der Waals surface area contributed by atoms with Gasteiger partial charge in [-0.3, -0.25) is 24.4 Å². The highest BCUT2D eigenvalue weighted by Crippen LogP contribution is 2.43. The zero-order chi connectivity index (χ0) is 28.0. The van der Waals surface area contributed by atoms with Gasteiger partial charge in [-0.05, 0) is 62.5 Å². The molecule has 1 heterocycles. The number of hydrogen-bond acceptors (Lipinski definition) is 6. The van der Waals surface area contributed by atoms with Crippen LogP contribution in [-0.4, -0.2) is 71.3 Å². The fourth-order valence-electron chi connectivity index (χ4n) is 6.29. The van der Waals surface area contributed by atoms with Crippen molar-refractivity contribution in [1.82, 2.24) is 15.5 Å². The Balaban J connectivity index is 1.85. The second-order valence-corrected chi connectivity index (χ2v) is 11.9. The number of aliphatic carboxylic acids is 1. The van der Waals surface area contributed by atoms with Crippen molar-refractivity contribution in [1.29, 1.82) is 0 Å². The highest BCUT2D eigenvalue weighted by molar-refractivity contribution is 5.98. The van der Waals surface area contributed by atoms with Gasteiger partial charge in [0.1, 0.15) is 23.8 Å². The smallest absolute Gasteiger partial charge is 0.326 e. The van der Waals surface area contributed by atoms with E-state index < -0.39 is 41.3 Å². The van der Waals surface area contributed by atoms with Crippen LogP contribution in [0.3, 0.4) is 0 Å². The molecule has 3 fully saturated rings. The summed E-state index contributed by atoms with van der Waals surface area (Å²) in [6.07, 6.45) is 10.0. The molecule has 2 saturated carbocycles. The molecule has 0 radical (unpaired) electrons. The van der Waals surface area contributed by atoms with E-state index in [0.717, 1.165) is 51.4 Å². The molecule has 2 aliphatic carbocycles. The van der Waals surface area contributed by atoms with E-state index in [1.54, 1.807) is 6.92 Å². The van der Waals surface area contributed by atoms with Gasteiger partial charge in [-0.15, -0.1) is 0 Å². The summed E-state index contributed by atoms with van der Waals surface area (Å²) in [6, 6.07) is -2.70. The molecule has 210 valence electrons. The van der Waals surface area contributed by atoms with Gasteiger partial charge in [0, 0.05) is 12.8 Å². The van der Waals surface area contributed by atoms with E-state index in [1.807, 2.05) is 20.8 Å². The molecule has 10 nitrogen and oxygen atoms in total. The van der Waals surface area contributed by atoms with Crippen LogP contribution in [0, 0.1) is 23.2 Å². The van der Waals surface area contributed by atoms with E-state index in [-0.39, 0.29) is 29.4 Å². The Bertz CT molecular complexity index is 979. The zero-order valence-electron chi connectivity index (χ0n) is 23.1. The molecule has 0 aromatic heterocycles. The van der Waals surface area contributed by atoms with Crippen LogP contribution in [0.25, 0.3) is 0 Å². The van der Waals surface area contributed by atoms with Crippen molar-refractivity contribution in [3.05, 3.63) is 11.9 Å². The van der Waals surface area contributed by atoms with Crippen molar-refractivity contribution in [2.45, 2.75) is 97.2 Å². The predicted molar refractivity (Wildman–Crippen MR) is 146 cm³/mol. The number of fused-ring (bicyclic) bond motifs is 1. The van der Waals surface area contributed by atoms with Gasteiger partial charge in [-0.1, -0.05) is 46.5 Å². The first-order valence-electron chi connectivity index (χ1n) is 13.8. The van der Waals surface area contributed by atoms with Gasteiger partial charge in [0.05, 0.1) is 6.20 Å². The van der Waals surface area contributed by atoms with Crippen molar-refractivity contribution >= 4 is 36.6 Å². The molecule has 38 heavy (non-hydrogen) atoms. The molecular weight excluding hydrogens is 486 g/mol. The van der Waals surface area contributed by atoms with Gasteiger partial charge in [0.25, 0.3) is 5.91 Å². The van der Waals surface area contributed by atoms with Crippen LogP contribution in [0.2, 0.25) is 0 Å². The fraction of sp³-hybridized carbons (Fsp3) is 0.714. The Kier molecular flexibility index (Phi) is 9.84. The van der Waals surface area contributed by atoms with Crippen LogP contribution in [0.1, 0.15) is 79.1 Å². The number of nitrogens with one attached hydrogen (secondary N) is 2. The number of likely N-dealkylation sites (tertiary alicyclic amines) is 1. The normalized spacial score (nSPS) is 26.1. The van der Waals surface area contributed by atoms with Crippen LogP contribution in [0.5, 0.6) is 0 Å². The quantitative estimate of drug-likeness (QED) is 0.311. The largest absolute Gasteiger partial charge is 0.480 e. The lowest BCUT2D eigenvalue weighted by Crippen LogP contribution is -2.61. The second-order valence-electron chi connectivity index (χ2n) is 11.9. The highest BCUT2D eigenvalue weighted by atomic mass is 16.4. The molecule has 1 saturated heterocycles.